The van der Waals surface area contributed by atoms with Crippen LogP contribution in [0.3, 0.4) is 0 Å². The summed E-state index contributed by atoms with van der Waals surface area (Å²) in [5, 5.41) is 13.1. The zero-order chi connectivity index (χ0) is 16.9. The fourth-order valence-corrected chi connectivity index (χ4v) is 3.15. The molecule has 1 unspecified atom stereocenters. The molecule has 1 aliphatic heterocycles. The Labute approximate surface area is 140 Å². The summed E-state index contributed by atoms with van der Waals surface area (Å²) in [7, 11) is 0. The SMILES string of the molecule is O=C(O)CCC1CCCN(C(=O)c2cnn(-c3ccccc3)c2)C1. The summed E-state index contributed by atoms with van der Waals surface area (Å²) in [5.41, 5.74) is 1.48. The van der Waals surface area contributed by atoms with E-state index in [2.05, 4.69) is 5.10 Å². The van der Waals surface area contributed by atoms with E-state index in [0.29, 0.717) is 18.5 Å². The molecule has 0 spiro atoms. The van der Waals surface area contributed by atoms with Crippen molar-refractivity contribution in [1.82, 2.24) is 14.7 Å². The summed E-state index contributed by atoms with van der Waals surface area (Å²) >= 11 is 0. The van der Waals surface area contributed by atoms with Crippen LogP contribution in [0.5, 0.6) is 0 Å². The van der Waals surface area contributed by atoms with Gasteiger partial charge in [-0.05, 0) is 37.3 Å². The molecule has 126 valence electrons. The van der Waals surface area contributed by atoms with Gasteiger partial charge >= 0.3 is 5.97 Å². The van der Waals surface area contributed by atoms with E-state index in [0.717, 1.165) is 25.1 Å². The van der Waals surface area contributed by atoms with E-state index in [1.807, 2.05) is 35.2 Å². The maximum Gasteiger partial charge on any atom is 0.303 e. The summed E-state index contributed by atoms with van der Waals surface area (Å²) in [6.07, 6.45) is 6.04. The van der Waals surface area contributed by atoms with Gasteiger partial charge in [-0.25, -0.2) is 4.68 Å². The lowest BCUT2D eigenvalue weighted by atomic mass is 9.93. The fourth-order valence-electron chi connectivity index (χ4n) is 3.15. The molecule has 1 aliphatic rings. The van der Waals surface area contributed by atoms with Crippen LogP contribution in [0.25, 0.3) is 5.69 Å². The highest BCUT2D eigenvalue weighted by Crippen LogP contribution is 2.22. The standard InChI is InChI=1S/C18H21N3O3/c22-17(23)9-8-14-5-4-10-20(12-14)18(24)15-11-19-21(13-15)16-6-2-1-3-7-16/h1-3,6-7,11,13-14H,4-5,8-10,12H2,(H,22,23). The maximum atomic E-state index is 12.7. The predicted octanol–water partition coefficient (Wildman–Crippen LogP) is 2.59. The van der Waals surface area contributed by atoms with Crippen molar-refractivity contribution in [2.75, 3.05) is 13.1 Å². The second kappa shape index (κ2) is 7.29. The summed E-state index contributed by atoms with van der Waals surface area (Å²) in [4.78, 5) is 25.2. The van der Waals surface area contributed by atoms with Crippen molar-refractivity contribution in [3.8, 4) is 5.69 Å². The third-order valence-electron chi connectivity index (χ3n) is 4.42. The number of para-hydroxylation sites is 1. The highest BCUT2D eigenvalue weighted by atomic mass is 16.4. The molecular weight excluding hydrogens is 306 g/mol. The Morgan fingerprint density at radius 2 is 2.04 bits per heavy atom. The summed E-state index contributed by atoms with van der Waals surface area (Å²) in [6, 6.07) is 9.66. The number of carboxylic acid groups (broad SMARTS) is 1. The molecule has 2 heterocycles. The maximum absolute atomic E-state index is 12.7. The number of nitrogens with zero attached hydrogens (tertiary/aromatic N) is 3. The molecule has 1 aromatic heterocycles. The molecule has 1 atom stereocenters. The number of rotatable bonds is 5. The minimum Gasteiger partial charge on any atom is -0.481 e. The summed E-state index contributed by atoms with van der Waals surface area (Å²) in [5.74, 6) is -0.539. The molecule has 0 radical (unpaired) electrons. The molecule has 1 N–H and O–H groups in total. The minimum atomic E-state index is -0.775. The Hall–Kier alpha value is -2.63. The smallest absolute Gasteiger partial charge is 0.303 e. The van der Waals surface area contributed by atoms with Gasteiger partial charge in [0.15, 0.2) is 0 Å². The largest absolute Gasteiger partial charge is 0.481 e. The van der Waals surface area contributed by atoms with Gasteiger partial charge in [0.2, 0.25) is 0 Å². The number of piperidine rings is 1. The van der Waals surface area contributed by atoms with E-state index in [1.54, 1.807) is 17.1 Å². The third-order valence-corrected chi connectivity index (χ3v) is 4.42. The fraction of sp³-hybridized carbons (Fsp3) is 0.389. The highest BCUT2D eigenvalue weighted by Gasteiger charge is 2.25. The number of carbonyl (C=O) groups is 2. The van der Waals surface area contributed by atoms with Gasteiger partial charge in [0, 0.05) is 25.7 Å². The van der Waals surface area contributed by atoms with Crippen molar-refractivity contribution in [3.63, 3.8) is 0 Å². The quantitative estimate of drug-likeness (QED) is 0.916. The van der Waals surface area contributed by atoms with Gasteiger partial charge in [0.1, 0.15) is 0 Å². The van der Waals surface area contributed by atoms with Crippen molar-refractivity contribution in [2.24, 2.45) is 5.92 Å². The van der Waals surface area contributed by atoms with Crippen LogP contribution in [0, 0.1) is 5.92 Å². The van der Waals surface area contributed by atoms with Gasteiger partial charge in [-0.1, -0.05) is 18.2 Å². The molecule has 3 rings (SSSR count). The van der Waals surface area contributed by atoms with Gasteiger partial charge in [-0.15, -0.1) is 0 Å². The van der Waals surface area contributed by atoms with Gasteiger partial charge in [-0.2, -0.15) is 5.10 Å². The summed E-state index contributed by atoms with van der Waals surface area (Å²) < 4.78 is 1.69. The number of carbonyl (C=O) groups excluding carboxylic acids is 1. The normalized spacial score (nSPS) is 17.7. The molecule has 0 aliphatic carbocycles. The number of benzene rings is 1. The Kier molecular flexibility index (Phi) is 4.93. The van der Waals surface area contributed by atoms with Crippen LogP contribution >= 0.6 is 0 Å². The Morgan fingerprint density at radius 1 is 1.25 bits per heavy atom. The topological polar surface area (TPSA) is 75.4 Å². The van der Waals surface area contributed by atoms with E-state index < -0.39 is 5.97 Å². The van der Waals surface area contributed by atoms with Crippen LogP contribution in [0.15, 0.2) is 42.7 Å². The molecule has 1 fully saturated rings. The number of hydrogen-bond donors (Lipinski definition) is 1. The van der Waals surface area contributed by atoms with Gasteiger partial charge in [-0.3, -0.25) is 9.59 Å². The average molecular weight is 327 g/mol. The Bertz CT molecular complexity index is 711. The summed E-state index contributed by atoms with van der Waals surface area (Å²) in [6.45, 7) is 1.35. The zero-order valence-electron chi connectivity index (χ0n) is 13.5. The van der Waals surface area contributed by atoms with Crippen LogP contribution < -0.4 is 0 Å². The lowest BCUT2D eigenvalue weighted by Gasteiger charge is -2.32. The average Bonchev–Trinajstić information content (AvgIpc) is 3.10. The van der Waals surface area contributed by atoms with Crippen LogP contribution in [0.2, 0.25) is 0 Å². The van der Waals surface area contributed by atoms with Crippen molar-refractivity contribution < 1.29 is 14.7 Å². The highest BCUT2D eigenvalue weighted by molar-refractivity contribution is 5.93. The van der Waals surface area contributed by atoms with Gasteiger partial charge in [0.25, 0.3) is 5.91 Å². The number of amides is 1. The van der Waals surface area contributed by atoms with Crippen LogP contribution in [0.1, 0.15) is 36.0 Å². The number of aliphatic carboxylic acids is 1. The molecule has 24 heavy (non-hydrogen) atoms. The Balaban J connectivity index is 1.66. The third kappa shape index (κ3) is 3.82. The Morgan fingerprint density at radius 3 is 2.79 bits per heavy atom. The molecule has 1 saturated heterocycles. The van der Waals surface area contributed by atoms with Crippen molar-refractivity contribution in [1.29, 1.82) is 0 Å². The molecule has 6 heteroatoms. The molecule has 0 bridgehead atoms. The predicted molar refractivity (Wildman–Crippen MR) is 89.1 cm³/mol. The molecule has 1 aromatic carbocycles. The van der Waals surface area contributed by atoms with E-state index in [1.165, 1.54) is 0 Å². The number of aromatic nitrogens is 2. The first-order valence-corrected chi connectivity index (χ1v) is 8.24. The minimum absolute atomic E-state index is 0.0304. The van der Waals surface area contributed by atoms with Crippen LogP contribution in [-0.4, -0.2) is 44.8 Å². The number of hydrogen-bond acceptors (Lipinski definition) is 3. The van der Waals surface area contributed by atoms with Crippen molar-refractivity contribution in [2.45, 2.75) is 25.7 Å². The van der Waals surface area contributed by atoms with Crippen LogP contribution in [-0.2, 0) is 4.79 Å². The van der Waals surface area contributed by atoms with E-state index in [4.69, 9.17) is 5.11 Å². The van der Waals surface area contributed by atoms with E-state index in [9.17, 15) is 9.59 Å². The first-order chi connectivity index (χ1) is 11.6. The lowest BCUT2D eigenvalue weighted by Crippen LogP contribution is -2.39. The second-order valence-electron chi connectivity index (χ2n) is 6.20. The van der Waals surface area contributed by atoms with Crippen molar-refractivity contribution >= 4 is 11.9 Å². The number of likely N-dealkylation sites (tertiary alicyclic amines) is 1. The second-order valence-corrected chi connectivity index (χ2v) is 6.20. The molecular formula is C18H21N3O3. The molecule has 2 aromatic rings. The molecule has 1 amide bonds. The number of carboxylic acids is 1. The van der Waals surface area contributed by atoms with Gasteiger partial charge < -0.3 is 10.0 Å². The molecule has 6 nitrogen and oxygen atoms in total. The lowest BCUT2D eigenvalue weighted by molar-refractivity contribution is -0.137. The van der Waals surface area contributed by atoms with Crippen LogP contribution in [0.4, 0.5) is 0 Å². The van der Waals surface area contributed by atoms with Gasteiger partial charge in [0.05, 0.1) is 17.4 Å². The zero-order valence-corrected chi connectivity index (χ0v) is 13.5. The van der Waals surface area contributed by atoms with E-state index in [-0.39, 0.29) is 18.2 Å². The first-order valence-electron chi connectivity index (χ1n) is 8.24. The van der Waals surface area contributed by atoms with E-state index >= 15 is 0 Å². The monoisotopic (exact) mass is 327 g/mol. The first kappa shape index (κ1) is 16.2. The molecule has 0 saturated carbocycles. The van der Waals surface area contributed by atoms with Crippen molar-refractivity contribution in [3.05, 3.63) is 48.3 Å².